The van der Waals surface area contributed by atoms with E-state index >= 15 is 0 Å². The Kier molecular flexibility index (Phi) is 4.72. The van der Waals surface area contributed by atoms with Gasteiger partial charge in [0.05, 0.1) is 7.11 Å². The average Bonchev–Trinajstić information content (AvgIpc) is 2.93. The molecule has 0 bridgehead atoms. The number of nitrogens with zero attached hydrogens (tertiary/aromatic N) is 1. The second-order valence-corrected chi connectivity index (χ2v) is 6.79. The van der Waals surface area contributed by atoms with Crippen LogP contribution >= 0.6 is 11.3 Å². The molecule has 0 spiro atoms. The highest BCUT2D eigenvalue weighted by atomic mass is 32.1. The van der Waals surface area contributed by atoms with Crippen molar-refractivity contribution in [3.63, 3.8) is 0 Å². The number of thiazole rings is 1. The maximum absolute atomic E-state index is 12.7. The summed E-state index contributed by atoms with van der Waals surface area (Å²) in [6.07, 6.45) is 0. The zero-order valence-electron chi connectivity index (χ0n) is 14.3. The number of anilines is 3. The van der Waals surface area contributed by atoms with Gasteiger partial charge >= 0.3 is 0 Å². The van der Waals surface area contributed by atoms with Crippen LogP contribution < -0.4 is 15.8 Å². The van der Waals surface area contributed by atoms with Crippen LogP contribution in [0.3, 0.4) is 0 Å². The van der Waals surface area contributed by atoms with Gasteiger partial charge in [0.2, 0.25) is 5.78 Å². The molecule has 1 aromatic heterocycles. The van der Waals surface area contributed by atoms with Gasteiger partial charge in [-0.3, -0.25) is 4.79 Å². The minimum absolute atomic E-state index is 0.147. The molecule has 128 valence electrons. The Hall–Kier alpha value is -2.86. The molecule has 0 fully saturated rings. The first-order chi connectivity index (χ1) is 12.0. The third-order valence-corrected chi connectivity index (χ3v) is 4.67. The van der Waals surface area contributed by atoms with Crippen molar-refractivity contribution in [1.29, 1.82) is 0 Å². The summed E-state index contributed by atoms with van der Waals surface area (Å²) in [6.45, 7) is 4.07. The van der Waals surface area contributed by atoms with E-state index in [9.17, 15) is 4.79 Å². The lowest BCUT2D eigenvalue weighted by Gasteiger charge is -2.05. The number of hydrogen-bond donors (Lipinski definition) is 2. The van der Waals surface area contributed by atoms with Gasteiger partial charge < -0.3 is 15.8 Å². The predicted octanol–water partition coefficient (Wildman–Crippen LogP) is 4.33. The van der Waals surface area contributed by atoms with Gasteiger partial charge in [0.15, 0.2) is 5.13 Å². The molecular weight excluding hydrogens is 334 g/mol. The van der Waals surface area contributed by atoms with Gasteiger partial charge in [0, 0.05) is 11.3 Å². The minimum atomic E-state index is -0.147. The summed E-state index contributed by atoms with van der Waals surface area (Å²) < 4.78 is 5.11. The van der Waals surface area contributed by atoms with E-state index in [0.29, 0.717) is 21.3 Å². The van der Waals surface area contributed by atoms with Crippen LogP contribution in [0.25, 0.3) is 0 Å². The van der Waals surface area contributed by atoms with Crippen LogP contribution in [-0.2, 0) is 0 Å². The zero-order chi connectivity index (χ0) is 18.0. The molecule has 25 heavy (non-hydrogen) atoms. The number of nitrogens with two attached hydrogens (primary N) is 1. The number of aryl methyl sites for hydroxylation is 2. The summed E-state index contributed by atoms with van der Waals surface area (Å²) in [6, 6.07) is 13.1. The van der Waals surface area contributed by atoms with Gasteiger partial charge in [-0.05, 0) is 61.4 Å². The van der Waals surface area contributed by atoms with E-state index in [1.165, 1.54) is 11.3 Å². The number of aromatic nitrogens is 1. The fourth-order valence-corrected chi connectivity index (χ4v) is 3.46. The van der Waals surface area contributed by atoms with E-state index in [1.54, 1.807) is 31.4 Å². The first-order valence-corrected chi connectivity index (χ1v) is 8.58. The molecule has 0 aliphatic rings. The van der Waals surface area contributed by atoms with E-state index in [4.69, 9.17) is 10.5 Å². The lowest BCUT2D eigenvalue weighted by atomic mass is 10.1. The molecule has 3 N–H and O–H groups in total. The largest absolute Gasteiger partial charge is 0.497 e. The highest BCUT2D eigenvalue weighted by Gasteiger charge is 2.18. The predicted molar refractivity (Wildman–Crippen MR) is 102 cm³/mol. The maximum Gasteiger partial charge on any atom is 0.206 e. The molecule has 5 nitrogen and oxygen atoms in total. The lowest BCUT2D eigenvalue weighted by molar-refractivity contribution is 0.104. The zero-order valence-corrected chi connectivity index (χ0v) is 15.1. The smallest absolute Gasteiger partial charge is 0.206 e. The molecule has 0 saturated heterocycles. The number of benzene rings is 2. The molecule has 3 aromatic rings. The number of methoxy groups -OCH3 is 1. The minimum Gasteiger partial charge on any atom is -0.497 e. The van der Waals surface area contributed by atoms with Gasteiger partial charge in [-0.25, -0.2) is 4.98 Å². The third-order valence-electron chi connectivity index (χ3n) is 3.68. The highest BCUT2D eigenvalue weighted by Crippen LogP contribution is 2.30. The molecular formula is C19H19N3O2S. The van der Waals surface area contributed by atoms with Crippen molar-refractivity contribution >= 4 is 33.8 Å². The van der Waals surface area contributed by atoms with Crippen molar-refractivity contribution < 1.29 is 9.53 Å². The second-order valence-electron chi connectivity index (χ2n) is 5.79. The molecule has 0 saturated carbocycles. The van der Waals surface area contributed by atoms with E-state index in [-0.39, 0.29) is 11.6 Å². The molecule has 0 atom stereocenters. The van der Waals surface area contributed by atoms with Crippen molar-refractivity contribution in [3.8, 4) is 5.75 Å². The molecule has 1 heterocycles. The quantitative estimate of drug-likeness (QED) is 0.668. The summed E-state index contributed by atoms with van der Waals surface area (Å²) in [5.74, 6) is 0.787. The van der Waals surface area contributed by atoms with Crippen LogP contribution in [0, 0.1) is 13.8 Å². The third kappa shape index (κ3) is 3.80. The number of carbonyl (C=O) groups excluding carboxylic acids is 1. The first kappa shape index (κ1) is 17.0. The number of nitrogens with one attached hydrogen (secondary N) is 1. The summed E-state index contributed by atoms with van der Waals surface area (Å²) in [4.78, 5) is 17.4. The van der Waals surface area contributed by atoms with Gasteiger partial charge in [-0.15, -0.1) is 0 Å². The number of ketones is 1. The van der Waals surface area contributed by atoms with Crippen LogP contribution in [-0.4, -0.2) is 17.9 Å². The number of carbonyl (C=O) groups is 1. The van der Waals surface area contributed by atoms with E-state index in [2.05, 4.69) is 16.4 Å². The normalized spacial score (nSPS) is 10.5. The van der Waals surface area contributed by atoms with Gasteiger partial charge in [-0.1, -0.05) is 17.4 Å². The molecule has 0 radical (unpaired) electrons. The fourth-order valence-electron chi connectivity index (χ4n) is 2.59. The van der Waals surface area contributed by atoms with E-state index in [0.717, 1.165) is 16.8 Å². The Morgan fingerprint density at radius 3 is 2.36 bits per heavy atom. The van der Waals surface area contributed by atoms with Gasteiger partial charge in [0.1, 0.15) is 16.4 Å². The van der Waals surface area contributed by atoms with Crippen LogP contribution in [0.2, 0.25) is 0 Å². The summed E-state index contributed by atoms with van der Waals surface area (Å²) in [5.41, 5.74) is 9.75. The molecule has 0 aliphatic carbocycles. The molecule has 3 rings (SSSR count). The summed E-state index contributed by atoms with van der Waals surface area (Å²) in [7, 11) is 1.59. The molecule has 0 amide bonds. The van der Waals surface area contributed by atoms with Gasteiger partial charge in [0.25, 0.3) is 0 Å². The van der Waals surface area contributed by atoms with Gasteiger partial charge in [-0.2, -0.15) is 0 Å². The molecule has 2 aromatic carbocycles. The van der Waals surface area contributed by atoms with E-state index < -0.39 is 0 Å². The molecule has 0 aliphatic heterocycles. The topological polar surface area (TPSA) is 77.2 Å². The number of hydrogen-bond acceptors (Lipinski definition) is 6. The Labute approximate surface area is 150 Å². The standard InChI is InChI=1S/C19H19N3O2S/c1-11-8-12(2)10-14(9-11)21-19-22-18(20)17(25-19)16(23)13-4-6-15(24-3)7-5-13/h4-10H,20H2,1-3H3,(H,21,22). The van der Waals surface area contributed by atoms with Crippen LogP contribution in [0.4, 0.5) is 16.6 Å². The number of ether oxygens (including phenoxy) is 1. The fraction of sp³-hybridized carbons (Fsp3) is 0.158. The van der Waals surface area contributed by atoms with E-state index in [1.807, 2.05) is 26.0 Å². The Balaban J connectivity index is 1.85. The average molecular weight is 353 g/mol. The number of rotatable bonds is 5. The van der Waals surface area contributed by atoms with Crippen molar-refractivity contribution in [2.75, 3.05) is 18.2 Å². The molecule has 6 heteroatoms. The van der Waals surface area contributed by atoms with Crippen LogP contribution in [0.1, 0.15) is 26.4 Å². The second kappa shape index (κ2) is 6.94. The lowest BCUT2D eigenvalue weighted by Crippen LogP contribution is -2.02. The van der Waals surface area contributed by atoms with Crippen molar-refractivity contribution in [3.05, 3.63) is 64.0 Å². The van der Waals surface area contributed by atoms with Crippen molar-refractivity contribution in [2.45, 2.75) is 13.8 Å². The van der Waals surface area contributed by atoms with Crippen LogP contribution in [0.15, 0.2) is 42.5 Å². The van der Waals surface area contributed by atoms with Crippen molar-refractivity contribution in [1.82, 2.24) is 4.98 Å². The monoisotopic (exact) mass is 353 g/mol. The number of nitrogen functional groups attached to an aromatic ring is 1. The summed E-state index contributed by atoms with van der Waals surface area (Å²) in [5, 5.41) is 3.82. The Morgan fingerprint density at radius 2 is 1.76 bits per heavy atom. The summed E-state index contributed by atoms with van der Waals surface area (Å²) >= 11 is 1.25. The van der Waals surface area contributed by atoms with Crippen LogP contribution in [0.5, 0.6) is 5.75 Å². The highest BCUT2D eigenvalue weighted by molar-refractivity contribution is 7.18. The maximum atomic E-state index is 12.7. The molecule has 0 unspecified atom stereocenters. The SMILES string of the molecule is COc1ccc(C(=O)c2sc(Nc3cc(C)cc(C)c3)nc2N)cc1. The Bertz CT molecular complexity index is 897. The van der Waals surface area contributed by atoms with Crippen molar-refractivity contribution in [2.24, 2.45) is 0 Å². The Morgan fingerprint density at radius 1 is 1.12 bits per heavy atom. The first-order valence-electron chi connectivity index (χ1n) is 7.76.